The molecule has 3 N–H and O–H groups in total. The van der Waals surface area contributed by atoms with E-state index in [4.69, 9.17) is 4.74 Å². The number of carbonyl (C=O) groups excluding carboxylic acids is 2. The molecule has 1 aromatic rings. The van der Waals surface area contributed by atoms with Crippen LogP contribution in [-0.2, 0) is 20.8 Å². The van der Waals surface area contributed by atoms with Crippen molar-refractivity contribution in [3.8, 4) is 11.5 Å². The van der Waals surface area contributed by atoms with Crippen molar-refractivity contribution in [3.63, 3.8) is 0 Å². The topological polar surface area (TPSA) is 113 Å². The van der Waals surface area contributed by atoms with Crippen LogP contribution in [0.3, 0.4) is 0 Å². The van der Waals surface area contributed by atoms with Crippen LogP contribution in [0, 0.1) is 11.8 Å². The number of carboxylic acid groups (broad SMARTS) is 1. The van der Waals surface area contributed by atoms with Crippen LogP contribution in [0.25, 0.3) is 0 Å². The first-order valence-electron chi connectivity index (χ1n) is 7.81. The Kier molecular flexibility index (Phi) is 5.94. The molecule has 2 rings (SSSR count). The molecule has 0 spiro atoms. The van der Waals surface area contributed by atoms with Gasteiger partial charge in [0.25, 0.3) is 0 Å². The zero-order chi connectivity index (χ0) is 18.7. The van der Waals surface area contributed by atoms with E-state index in [-0.39, 0.29) is 28.8 Å². The number of hydrogen-bond donors (Lipinski definition) is 3. The molecule has 0 bridgehead atoms. The first kappa shape index (κ1) is 19.1. The lowest BCUT2D eigenvalue weighted by molar-refractivity contribution is -0.144. The van der Waals surface area contributed by atoms with Gasteiger partial charge in [-0.1, -0.05) is 18.7 Å². The van der Waals surface area contributed by atoms with Gasteiger partial charge in [0, 0.05) is 29.8 Å². The van der Waals surface area contributed by atoms with Crippen molar-refractivity contribution in [1.82, 2.24) is 0 Å². The van der Waals surface area contributed by atoms with Crippen molar-refractivity contribution in [3.05, 3.63) is 17.7 Å². The molecule has 0 aromatic heterocycles. The normalized spacial score (nSPS) is 20.1. The summed E-state index contributed by atoms with van der Waals surface area (Å²) in [5.41, 5.74) is 0.933. The Morgan fingerprint density at radius 2 is 2.08 bits per heavy atom. The number of rotatable bonds is 6. The average Bonchev–Trinajstić information content (AvgIpc) is 2.58. The summed E-state index contributed by atoms with van der Waals surface area (Å²) in [6.07, 6.45) is 0.0175. The maximum Gasteiger partial charge on any atom is 0.309 e. The minimum atomic E-state index is -1.12. The molecular weight excluding hydrogens is 346 g/mol. The quantitative estimate of drug-likeness (QED) is 0.699. The molecule has 1 aromatic carbocycles. The Labute approximate surface area is 149 Å². The van der Waals surface area contributed by atoms with Gasteiger partial charge in [0.1, 0.15) is 0 Å². The zero-order valence-electron chi connectivity index (χ0n) is 14.2. The van der Waals surface area contributed by atoms with Crippen molar-refractivity contribution in [2.75, 3.05) is 18.2 Å². The van der Waals surface area contributed by atoms with E-state index in [0.29, 0.717) is 17.0 Å². The maximum atomic E-state index is 12.7. The van der Waals surface area contributed by atoms with Crippen LogP contribution in [0.4, 0.5) is 5.69 Å². The maximum absolute atomic E-state index is 12.7. The second kappa shape index (κ2) is 7.77. The predicted molar refractivity (Wildman–Crippen MR) is 94.2 cm³/mol. The molecule has 0 saturated heterocycles. The summed E-state index contributed by atoms with van der Waals surface area (Å²) in [4.78, 5) is 35.5. The smallest absolute Gasteiger partial charge is 0.309 e. The number of thioether (sulfide) groups is 1. The van der Waals surface area contributed by atoms with E-state index in [1.807, 2.05) is 0 Å². The number of hydrogen-bond acceptors (Lipinski definition) is 7. The first-order valence-corrected chi connectivity index (χ1v) is 8.80. The number of phenols is 1. The molecule has 3 atom stereocenters. The van der Waals surface area contributed by atoms with Crippen LogP contribution in [-0.4, -0.2) is 46.0 Å². The fourth-order valence-corrected chi connectivity index (χ4v) is 3.51. The van der Waals surface area contributed by atoms with Crippen molar-refractivity contribution in [1.29, 1.82) is 0 Å². The Hall–Kier alpha value is -2.22. The molecule has 3 unspecified atom stereocenters. The van der Waals surface area contributed by atoms with E-state index < -0.39 is 23.8 Å². The van der Waals surface area contributed by atoms with Gasteiger partial charge in [0.05, 0.1) is 19.1 Å². The third kappa shape index (κ3) is 4.07. The van der Waals surface area contributed by atoms with Crippen molar-refractivity contribution >= 4 is 34.3 Å². The van der Waals surface area contributed by atoms with Gasteiger partial charge in [-0.3, -0.25) is 14.4 Å². The highest BCUT2D eigenvalue weighted by molar-refractivity contribution is 8.13. The number of ketones is 1. The number of fused-ring (bicyclic) bond motifs is 1. The van der Waals surface area contributed by atoms with Gasteiger partial charge in [0.2, 0.25) is 0 Å². The monoisotopic (exact) mass is 367 g/mol. The van der Waals surface area contributed by atoms with Gasteiger partial charge in [-0.2, -0.15) is 0 Å². The number of aromatic hydroxyl groups is 1. The Morgan fingerprint density at radius 1 is 1.40 bits per heavy atom. The highest BCUT2D eigenvalue weighted by atomic mass is 32.2. The number of carbonyl (C=O) groups is 3. The van der Waals surface area contributed by atoms with Gasteiger partial charge in [-0.05, 0) is 18.6 Å². The lowest BCUT2D eigenvalue weighted by atomic mass is 9.82. The largest absolute Gasteiger partial charge is 0.504 e. The molecular formula is C17H21NO6S. The molecule has 0 radical (unpaired) electrons. The molecule has 7 nitrogen and oxygen atoms in total. The fraction of sp³-hybridized carbons (Fsp3) is 0.471. The highest BCUT2D eigenvalue weighted by Crippen LogP contribution is 2.41. The van der Waals surface area contributed by atoms with Crippen molar-refractivity contribution in [2.45, 2.75) is 26.3 Å². The number of benzene rings is 1. The summed E-state index contributed by atoms with van der Waals surface area (Å²) in [7, 11) is 1.41. The summed E-state index contributed by atoms with van der Waals surface area (Å²) in [5.74, 6) is -2.43. The summed E-state index contributed by atoms with van der Waals surface area (Å²) in [6, 6.07) is 2.29. The van der Waals surface area contributed by atoms with E-state index in [1.54, 1.807) is 19.1 Å². The number of anilines is 1. The average molecular weight is 367 g/mol. The summed E-state index contributed by atoms with van der Waals surface area (Å²) < 4.78 is 5.05. The Morgan fingerprint density at radius 3 is 2.64 bits per heavy atom. The molecule has 25 heavy (non-hydrogen) atoms. The van der Waals surface area contributed by atoms with Gasteiger partial charge in [0.15, 0.2) is 22.4 Å². The van der Waals surface area contributed by atoms with Gasteiger partial charge in [-0.15, -0.1) is 0 Å². The fourth-order valence-electron chi connectivity index (χ4n) is 2.86. The predicted octanol–water partition coefficient (Wildman–Crippen LogP) is 1.92. The molecule has 0 fully saturated rings. The van der Waals surface area contributed by atoms with Gasteiger partial charge < -0.3 is 20.3 Å². The molecule has 0 saturated carbocycles. The molecule has 0 aliphatic carbocycles. The third-order valence-electron chi connectivity index (χ3n) is 4.25. The number of Topliss-reactive ketones (excluding diaryl/α,β-unsaturated/α-hetero) is 1. The van der Waals surface area contributed by atoms with E-state index in [9.17, 15) is 24.6 Å². The van der Waals surface area contributed by atoms with E-state index in [0.717, 1.165) is 11.8 Å². The van der Waals surface area contributed by atoms with Crippen LogP contribution in [0.15, 0.2) is 12.1 Å². The van der Waals surface area contributed by atoms with Crippen LogP contribution in [0.2, 0.25) is 0 Å². The second-order valence-electron chi connectivity index (χ2n) is 6.02. The lowest BCUT2D eigenvalue weighted by Gasteiger charge is -2.33. The second-order valence-corrected chi connectivity index (χ2v) is 7.22. The highest BCUT2D eigenvalue weighted by Gasteiger charge is 2.40. The van der Waals surface area contributed by atoms with Crippen LogP contribution < -0.4 is 10.1 Å². The number of nitrogens with one attached hydrogen (secondary N) is 1. The lowest BCUT2D eigenvalue weighted by Crippen LogP contribution is -2.47. The molecule has 136 valence electrons. The minimum absolute atomic E-state index is 0.0175. The Balaban J connectivity index is 2.29. The first-order chi connectivity index (χ1) is 11.8. The zero-order valence-corrected chi connectivity index (χ0v) is 15.1. The van der Waals surface area contributed by atoms with Gasteiger partial charge in [-0.25, -0.2) is 0 Å². The number of aliphatic carboxylic acids is 1. The summed E-state index contributed by atoms with van der Waals surface area (Å²) in [5, 5.41) is 22.6. The SMILES string of the molecule is COc1ccc2c(c1O)CC(C(=O)O)C(C(=O)C(C)CSC(C)=O)N2. The third-order valence-corrected chi connectivity index (χ3v) is 5.32. The van der Waals surface area contributed by atoms with Crippen LogP contribution in [0.1, 0.15) is 19.4 Å². The summed E-state index contributed by atoms with van der Waals surface area (Å²) in [6.45, 7) is 3.10. The minimum Gasteiger partial charge on any atom is -0.504 e. The Bertz CT molecular complexity index is 705. The van der Waals surface area contributed by atoms with Crippen LogP contribution in [0.5, 0.6) is 11.5 Å². The molecule has 1 heterocycles. The number of methoxy groups -OCH3 is 1. The van der Waals surface area contributed by atoms with E-state index >= 15 is 0 Å². The molecule has 8 heteroatoms. The van der Waals surface area contributed by atoms with E-state index in [2.05, 4.69) is 5.32 Å². The summed E-state index contributed by atoms with van der Waals surface area (Å²) >= 11 is 1.04. The number of phenolic OH excluding ortho intramolecular Hbond substituents is 1. The number of ether oxygens (including phenoxy) is 1. The van der Waals surface area contributed by atoms with Crippen LogP contribution >= 0.6 is 11.8 Å². The van der Waals surface area contributed by atoms with Gasteiger partial charge >= 0.3 is 5.97 Å². The van der Waals surface area contributed by atoms with E-state index in [1.165, 1.54) is 14.0 Å². The number of carboxylic acids is 1. The standard InChI is InChI=1S/C17H21NO6S/c1-8(7-25-9(2)19)15(20)14-11(17(22)23)6-10-12(18-14)4-5-13(24-3)16(10)21/h4-5,8,11,14,18,21H,6-7H2,1-3H3,(H,22,23). The van der Waals surface area contributed by atoms with Crippen molar-refractivity contribution in [2.24, 2.45) is 11.8 Å². The van der Waals surface area contributed by atoms with Crippen molar-refractivity contribution < 1.29 is 29.3 Å². The molecule has 1 aliphatic heterocycles. The molecule has 0 amide bonds. The molecule has 1 aliphatic rings.